The van der Waals surface area contributed by atoms with Crippen LogP contribution in [0.2, 0.25) is 0 Å². The minimum atomic E-state index is -1.01. The minimum Gasteiger partial charge on any atom is -0.478 e. The van der Waals surface area contributed by atoms with Crippen molar-refractivity contribution < 1.29 is 19.4 Å². The molecule has 0 unspecified atom stereocenters. The molecule has 1 aromatic rings. The highest BCUT2D eigenvalue weighted by Crippen LogP contribution is 2.21. The Balaban J connectivity index is 3.02. The molecule has 0 aliphatic heterocycles. The van der Waals surface area contributed by atoms with Gasteiger partial charge in [0.25, 0.3) is 0 Å². The molecule has 0 aliphatic rings. The van der Waals surface area contributed by atoms with Crippen LogP contribution in [0.1, 0.15) is 10.4 Å². The lowest BCUT2D eigenvalue weighted by atomic mass is 10.2. The summed E-state index contributed by atoms with van der Waals surface area (Å²) >= 11 is 3.23. The highest BCUT2D eigenvalue weighted by Gasteiger charge is 2.18. The van der Waals surface area contributed by atoms with Gasteiger partial charge in [-0.3, -0.25) is 0 Å². The fourth-order valence-electron chi connectivity index (χ4n) is 1.57. The lowest BCUT2D eigenvalue weighted by Gasteiger charge is -2.24. The Kier molecular flexibility index (Phi) is 6.75. The lowest BCUT2D eigenvalue weighted by molar-refractivity contribution is 0.0696. The Labute approximate surface area is 120 Å². The third-order valence-electron chi connectivity index (χ3n) is 2.49. The number of aromatic nitrogens is 1. The van der Waals surface area contributed by atoms with E-state index >= 15 is 0 Å². The molecule has 0 aromatic carbocycles. The summed E-state index contributed by atoms with van der Waals surface area (Å²) < 4.78 is 10.7. The minimum absolute atomic E-state index is 0.154. The van der Waals surface area contributed by atoms with Crippen LogP contribution < -0.4 is 4.90 Å². The summed E-state index contributed by atoms with van der Waals surface area (Å²) in [5.74, 6) is -0.589. The maximum Gasteiger partial charge on any atom is 0.339 e. The van der Waals surface area contributed by atoms with Crippen LogP contribution in [0, 0.1) is 0 Å². The molecule has 0 radical (unpaired) electrons. The van der Waals surface area contributed by atoms with E-state index in [1.165, 1.54) is 6.07 Å². The number of methoxy groups -OCH3 is 2. The van der Waals surface area contributed by atoms with E-state index in [0.29, 0.717) is 36.6 Å². The lowest BCUT2D eigenvalue weighted by Crippen LogP contribution is -2.32. The number of rotatable bonds is 8. The van der Waals surface area contributed by atoms with E-state index in [1.54, 1.807) is 20.4 Å². The van der Waals surface area contributed by atoms with Crippen LogP contribution in [-0.2, 0) is 9.47 Å². The molecule has 0 fully saturated rings. The predicted octanol–water partition coefficient (Wildman–Crippen LogP) is 1.64. The molecule has 0 spiro atoms. The molecule has 1 aromatic heterocycles. The van der Waals surface area contributed by atoms with Gasteiger partial charge in [0.15, 0.2) is 0 Å². The number of carbonyl (C=O) groups is 1. The monoisotopic (exact) mass is 332 g/mol. The molecule has 106 valence electrons. The second-order valence-corrected chi connectivity index (χ2v) is 4.72. The van der Waals surface area contributed by atoms with Crippen molar-refractivity contribution in [3.63, 3.8) is 0 Å². The van der Waals surface area contributed by atoms with Gasteiger partial charge in [0, 0.05) is 38.0 Å². The van der Waals surface area contributed by atoms with E-state index < -0.39 is 5.97 Å². The van der Waals surface area contributed by atoms with Crippen molar-refractivity contribution >= 4 is 27.7 Å². The van der Waals surface area contributed by atoms with Crippen molar-refractivity contribution in [2.24, 2.45) is 0 Å². The van der Waals surface area contributed by atoms with Gasteiger partial charge in [-0.25, -0.2) is 9.78 Å². The van der Waals surface area contributed by atoms with Crippen LogP contribution in [0.4, 0.5) is 5.82 Å². The van der Waals surface area contributed by atoms with Gasteiger partial charge in [-0.15, -0.1) is 0 Å². The molecule has 0 atom stereocenters. The van der Waals surface area contributed by atoms with Gasteiger partial charge in [-0.1, -0.05) is 0 Å². The Morgan fingerprint density at radius 2 is 1.95 bits per heavy atom. The molecule has 7 heteroatoms. The molecule has 1 heterocycles. The zero-order chi connectivity index (χ0) is 14.3. The first-order chi connectivity index (χ1) is 9.10. The van der Waals surface area contributed by atoms with Crippen molar-refractivity contribution in [2.75, 3.05) is 45.4 Å². The Morgan fingerprint density at radius 1 is 1.37 bits per heavy atom. The third kappa shape index (κ3) is 4.77. The van der Waals surface area contributed by atoms with E-state index in [9.17, 15) is 9.90 Å². The van der Waals surface area contributed by atoms with Gasteiger partial charge in [0.2, 0.25) is 0 Å². The van der Waals surface area contributed by atoms with Crippen molar-refractivity contribution in [1.82, 2.24) is 4.98 Å². The molecule has 6 nitrogen and oxygen atoms in total. The molecule has 19 heavy (non-hydrogen) atoms. The number of pyridine rings is 1. The number of nitrogens with zero attached hydrogens (tertiary/aromatic N) is 2. The van der Waals surface area contributed by atoms with E-state index in [4.69, 9.17) is 9.47 Å². The number of carboxylic acids is 1. The molecule has 1 rings (SSSR count). The van der Waals surface area contributed by atoms with Crippen LogP contribution in [0.5, 0.6) is 0 Å². The average Bonchev–Trinajstić information content (AvgIpc) is 2.39. The standard InChI is InChI=1S/C12H17BrN2O4/c1-18-5-3-15(4-6-19-2)11-10(12(16)17)7-9(13)8-14-11/h7-8H,3-6H2,1-2H3,(H,16,17). The number of anilines is 1. The molecule has 0 saturated heterocycles. The van der Waals surface area contributed by atoms with Crippen molar-refractivity contribution in [2.45, 2.75) is 0 Å². The molecule has 0 bridgehead atoms. The van der Waals surface area contributed by atoms with E-state index in [2.05, 4.69) is 20.9 Å². The Hall–Kier alpha value is -1.18. The summed E-state index contributed by atoms with van der Waals surface area (Å²) in [4.78, 5) is 17.3. The summed E-state index contributed by atoms with van der Waals surface area (Å²) in [6, 6.07) is 1.54. The number of carboxylic acid groups (broad SMARTS) is 1. The number of halogens is 1. The summed E-state index contributed by atoms with van der Waals surface area (Å²) in [5.41, 5.74) is 0.154. The maximum atomic E-state index is 11.3. The van der Waals surface area contributed by atoms with E-state index in [-0.39, 0.29) is 5.56 Å². The number of hydrogen-bond donors (Lipinski definition) is 1. The van der Waals surface area contributed by atoms with Crippen LogP contribution >= 0.6 is 15.9 Å². The fraction of sp³-hybridized carbons (Fsp3) is 0.500. The molecule has 0 saturated carbocycles. The topological polar surface area (TPSA) is 71.9 Å². The van der Waals surface area contributed by atoms with Crippen molar-refractivity contribution in [3.05, 3.63) is 22.3 Å². The zero-order valence-corrected chi connectivity index (χ0v) is 12.5. The smallest absolute Gasteiger partial charge is 0.339 e. The number of aromatic carboxylic acids is 1. The van der Waals surface area contributed by atoms with E-state index in [0.717, 1.165) is 0 Å². The highest BCUT2D eigenvalue weighted by atomic mass is 79.9. The quantitative estimate of drug-likeness (QED) is 0.780. The van der Waals surface area contributed by atoms with Gasteiger partial charge in [0.1, 0.15) is 11.4 Å². The predicted molar refractivity (Wildman–Crippen MR) is 74.9 cm³/mol. The normalized spacial score (nSPS) is 10.5. The molecular formula is C12H17BrN2O4. The summed E-state index contributed by atoms with van der Waals surface area (Å²) in [6.45, 7) is 2.07. The first-order valence-corrected chi connectivity index (χ1v) is 6.51. The maximum absolute atomic E-state index is 11.3. The fourth-order valence-corrected chi connectivity index (χ4v) is 1.90. The van der Waals surface area contributed by atoms with Crippen molar-refractivity contribution in [1.29, 1.82) is 0 Å². The molecule has 1 N–H and O–H groups in total. The van der Waals surface area contributed by atoms with Crippen LogP contribution in [0.3, 0.4) is 0 Å². The first-order valence-electron chi connectivity index (χ1n) is 5.71. The van der Waals surface area contributed by atoms with Gasteiger partial charge in [-0.05, 0) is 22.0 Å². The second kappa shape index (κ2) is 8.08. The Morgan fingerprint density at radius 3 is 2.42 bits per heavy atom. The summed E-state index contributed by atoms with van der Waals surface area (Å²) in [5, 5.41) is 9.24. The molecule has 0 aliphatic carbocycles. The summed E-state index contributed by atoms with van der Waals surface area (Å²) in [7, 11) is 3.20. The SMILES string of the molecule is COCCN(CCOC)c1ncc(Br)cc1C(=O)O. The largest absolute Gasteiger partial charge is 0.478 e. The summed E-state index contributed by atoms with van der Waals surface area (Å²) in [6.07, 6.45) is 1.58. The number of ether oxygens (including phenoxy) is 2. The van der Waals surface area contributed by atoms with Gasteiger partial charge < -0.3 is 19.5 Å². The second-order valence-electron chi connectivity index (χ2n) is 3.80. The molecule has 0 amide bonds. The Bertz CT molecular complexity index is 420. The van der Waals surface area contributed by atoms with Gasteiger partial charge in [0.05, 0.1) is 13.2 Å². The van der Waals surface area contributed by atoms with Crippen LogP contribution in [-0.4, -0.2) is 56.6 Å². The van der Waals surface area contributed by atoms with Gasteiger partial charge >= 0.3 is 5.97 Å². The third-order valence-corrected chi connectivity index (χ3v) is 2.93. The van der Waals surface area contributed by atoms with Crippen LogP contribution in [0.25, 0.3) is 0 Å². The number of hydrogen-bond acceptors (Lipinski definition) is 5. The molecular weight excluding hydrogens is 316 g/mol. The van der Waals surface area contributed by atoms with E-state index in [1.807, 2.05) is 4.90 Å². The highest BCUT2D eigenvalue weighted by molar-refractivity contribution is 9.10. The zero-order valence-electron chi connectivity index (χ0n) is 10.9. The average molecular weight is 333 g/mol. The van der Waals surface area contributed by atoms with Gasteiger partial charge in [-0.2, -0.15) is 0 Å². The van der Waals surface area contributed by atoms with Crippen molar-refractivity contribution in [3.8, 4) is 0 Å². The first kappa shape index (κ1) is 15.9. The van der Waals surface area contributed by atoms with Crippen LogP contribution in [0.15, 0.2) is 16.7 Å².